The molecule has 0 saturated heterocycles. The Morgan fingerprint density at radius 1 is 1.19 bits per heavy atom. The molecule has 0 heterocycles. The fourth-order valence-corrected chi connectivity index (χ4v) is 2.62. The van der Waals surface area contributed by atoms with E-state index in [2.05, 4.69) is 17.4 Å². The van der Waals surface area contributed by atoms with Crippen molar-refractivity contribution in [3.63, 3.8) is 0 Å². The van der Waals surface area contributed by atoms with E-state index in [9.17, 15) is 9.59 Å². The summed E-state index contributed by atoms with van der Waals surface area (Å²) in [7, 11) is 0. The Morgan fingerprint density at radius 3 is 2.62 bits per heavy atom. The van der Waals surface area contributed by atoms with Gasteiger partial charge in [-0.3, -0.25) is 4.79 Å². The van der Waals surface area contributed by atoms with Crippen LogP contribution in [0, 0.1) is 0 Å². The molecule has 5 heteroatoms. The molecular formula is C16H21NO4. The minimum absolute atomic E-state index is 0.0191. The summed E-state index contributed by atoms with van der Waals surface area (Å²) in [5.41, 5.74) is 3.70. The van der Waals surface area contributed by atoms with Crippen molar-refractivity contribution < 1.29 is 19.8 Å². The Hall–Kier alpha value is -1.88. The van der Waals surface area contributed by atoms with Crippen molar-refractivity contribution >= 4 is 11.9 Å². The summed E-state index contributed by atoms with van der Waals surface area (Å²) in [4.78, 5) is 22.2. The Morgan fingerprint density at radius 2 is 1.90 bits per heavy atom. The third-order valence-corrected chi connectivity index (χ3v) is 3.80. The molecule has 1 atom stereocenters. The van der Waals surface area contributed by atoms with Crippen LogP contribution in [0.25, 0.3) is 0 Å². The van der Waals surface area contributed by atoms with Crippen molar-refractivity contribution in [1.29, 1.82) is 0 Å². The van der Waals surface area contributed by atoms with E-state index in [1.54, 1.807) is 0 Å². The topological polar surface area (TPSA) is 86.6 Å². The predicted molar refractivity (Wildman–Crippen MR) is 78.1 cm³/mol. The highest BCUT2D eigenvalue weighted by Crippen LogP contribution is 2.22. The molecule has 1 aromatic rings. The smallest absolute Gasteiger partial charge is 0.332 e. The van der Waals surface area contributed by atoms with Gasteiger partial charge in [-0.15, -0.1) is 0 Å². The first-order valence-corrected chi connectivity index (χ1v) is 7.34. The van der Waals surface area contributed by atoms with E-state index < -0.39 is 12.1 Å². The number of carbonyl (C=O) groups excluding carboxylic acids is 1. The maximum Gasteiger partial charge on any atom is 0.332 e. The normalized spacial score (nSPS) is 15.1. The highest BCUT2D eigenvalue weighted by atomic mass is 16.4. The highest BCUT2D eigenvalue weighted by Gasteiger charge is 2.14. The number of benzene rings is 1. The fraction of sp³-hybridized carbons (Fsp3) is 0.500. The fourth-order valence-electron chi connectivity index (χ4n) is 2.62. The van der Waals surface area contributed by atoms with Gasteiger partial charge in [0, 0.05) is 13.0 Å². The number of rotatable bonds is 6. The van der Waals surface area contributed by atoms with Crippen molar-refractivity contribution in [3.8, 4) is 0 Å². The Labute approximate surface area is 124 Å². The van der Waals surface area contributed by atoms with E-state index in [4.69, 9.17) is 10.2 Å². The summed E-state index contributed by atoms with van der Waals surface area (Å²) >= 11 is 0. The number of carboxylic acid groups (broad SMARTS) is 1. The van der Waals surface area contributed by atoms with Crippen LogP contribution in [0.5, 0.6) is 0 Å². The number of aliphatic carboxylic acids is 1. The molecule has 0 radical (unpaired) electrons. The maximum absolute atomic E-state index is 11.8. The van der Waals surface area contributed by atoms with Gasteiger partial charge in [0.2, 0.25) is 5.91 Å². The second-order valence-electron chi connectivity index (χ2n) is 5.48. The third-order valence-electron chi connectivity index (χ3n) is 3.80. The van der Waals surface area contributed by atoms with Gasteiger partial charge in [0.05, 0.1) is 6.42 Å². The molecule has 3 N–H and O–H groups in total. The lowest BCUT2D eigenvalue weighted by atomic mass is 9.90. The summed E-state index contributed by atoms with van der Waals surface area (Å²) in [6.07, 6.45) is 3.52. The number of hydrogen-bond acceptors (Lipinski definition) is 3. The molecule has 1 aliphatic carbocycles. The molecule has 1 aromatic carbocycles. The Bertz CT molecular complexity index is 527. The van der Waals surface area contributed by atoms with E-state index in [0.717, 1.165) is 18.4 Å². The average Bonchev–Trinajstić information content (AvgIpc) is 2.46. The molecule has 0 saturated carbocycles. The molecule has 0 bridgehead atoms. The highest BCUT2D eigenvalue weighted by molar-refractivity contribution is 5.78. The number of nitrogens with one attached hydrogen (secondary N) is 1. The lowest BCUT2D eigenvalue weighted by Gasteiger charge is -2.16. The summed E-state index contributed by atoms with van der Waals surface area (Å²) in [5.74, 6) is -1.41. The number of hydrogen-bond donors (Lipinski definition) is 3. The Kier molecular flexibility index (Phi) is 5.33. The first kappa shape index (κ1) is 15.5. The minimum Gasteiger partial charge on any atom is -0.479 e. The van der Waals surface area contributed by atoms with E-state index in [1.165, 1.54) is 24.0 Å². The monoisotopic (exact) mass is 291 g/mol. The summed E-state index contributed by atoms with van der Waals surface area (Å²) in [6, 6.07) is 6.18. The third kappa shape index (κ3) is 4.56. The number of aliphatic hydroxyl groups excluding tert-OH is 1. The van der Waals surface area contributed by atoms with Gasteiger partial charge in [0.25, 0.3) is 0 Å². The second kappa shape index (κ2) is 7.22. The zero-order chi connectivity index (χ0) is 15.2. The molecular weight excluding hydrogens is 270 g/mol. The van der Waals surface area contributed by atoms with Crippen LogP contribution in [0.2, 0.25) is 0 Å². The van der Waals surface area contributed by atoms with E-state index in [0.29, 0.717) is 0 Å². The molecule has 0 fully saturated rings. The molecule has 21 heavy (non-hydrogen) atoms. The van der Waals surface area contributed by atoms with Crippen molar-refractivity contribution in [2.45, 2.75) is 44.6 Å². The van der Waals surface area contributed by atoms with Crippen LogP contribution >= 0.6 is 0 Å². The van der Waals surface area contributed by atoms with Crippen molar-refractivity contribution in [2.24, 2.45) is 0 Å². The largest absolute Gasteiger partial charge is 0.479 e. The van der Waals surface area contributed by atoms with Crippen molar-refractivity contribution in [1.82, 2.24) is 5.32 Å². The number of fused-ring (bicyclic) bond motifs is 1. The van der Waals surface area contributed by atoms with Crippen LogP contribution in [-0.2, 0) is 28.9 Å². The standard InChI is InChI=1S/C16H21NO4/c18-14(16(20)21)7-8-17-15(19)10-11-5-6-12-3-1-2-4-13(12)9-11/h5-6,9,14,18H,1-4,7-8,10H2,(H,17,19)(H,20,21). The molecule has 0 aromatic heterocycles. The van der Waals surface area contributed by atoms with E-state index >= 15 is 0 Å². The van der Waals surface area contributed by atoms with Crippen LogP contribution in [0.3, 0.4) is 0 Å². The molecule has 0 aliphatic heterocycles. The average molecular weight is 291 g/mol. The zero-order valence-corrected chi connectivity index (χ0v) is 12.0. The van der Waals surface area contributed by atoms with E-state index in [1.807, 2.05) is 6.07 Å². The summed E-state index contributed by atoms with van der Waals surface area (Å²) < 4.78 is 0. The van der Waals surface area contributed by atoms with Gasteiger partial charge in [0.1, 0.15) is 0 Å². The minimum atomic E-state index is -1.42. The molecule has 1 amide bonds. The lowest BCUT2D eigenvalue weighted by molar-refractivity contribution is -0.147. The second-order valence-corrected chi connectivity index (χ2v) is 5.48. The Balaban J connectivity index is 1.81. The molecule has 1 unspecified atom stereocenters. The number of aryl methyl sites for hydroxylation is 2. The molecule has 114 valence electrons. The summed E-state index contributed by atoms with van der Waals surface area (Å²) in [6.45, 7) is 0.164. The van der Waals surface area contributed by atoms with Crippen LogP contribution < -0.4 is 5.32 Å². The number of carbonyl (C=O) groups is 2. The molecule has 5 nitrogen and oxygen atoms in total. The number of carboxylic acids is 1. The number of amides is 1. The van der Waals surface area contributed by atoms with Crippen LogP contribution in [0.4, 0.5) is 0 Å². The predicted octanol–water partition coefficient (Wildman–Crippen LogP) is 1.06. The first-order chi connectivity index (χ1) is 10.1. The SMILES string of the molecule is O=C(Cc1ccc2c(c1)CCCC2)NCCC(O)C(=O)O. The summed E-state index contributed by atoms with van der Waals surface area (Å²) in [5, 5.41) is 20.3. The number of aliphatic hydroxyl groups is 1. The van der Waals surface area contributed by atoms with Crippen molar-refractivity contribution in [2.75, 3.05) is 6.54 Å². The van der Waals surface area contributed by atoms with Crippen LogP contribution in [-0.4, -0.2) is 34.7 Å². The van der Waals surface area contributed by atoms with Gasteiger partial charge in [0.15, 0.2) is 6.10 Å². The van der Waals surface area contributed by atoms with Gasteiger partial charge in [-0.25, -0.2) is 4.79 Å². The first-order valence-electron chi connectivity index (χ1n) is 7.34. The van der Waals surface area contributed by atoms with Crippen LogP contribution in [0.15, 0.2) is 18.2 Å². The van der Waals surface area contributed by atoms with Gasteiger partial charge in [-0.2, -0.15) is 0 Å². The van der Waals surface area contributed by atoms with Crippen molar-refractivity contribution in [3.05, 3.63) is 34.9 Å². The van der Waals surface area contributed by atoms with Gasteiger partial charge >= 0.3 is 5.97 Å². The van der Waals surface area contributed by atoms with Crippen LogP contribution in [0.1, 0.15) is 36.0 Å². The zero-order valence-electron chi connectivity index (χ0n) is 12.0. The molecule has 2 rings (SSSR count). The maximum atomic E-state index is 11.8. The quantitative estimate of drug-likeness (QED) is 0.731. The lowest BCUT2D eigenvalue weighted by Crippen LogP contribution is -2.31. The van der Waals surface area contributed by atoms with Gasteiger partial charge < -0.3 is 15.5 Å². The van der Waals surface area contributed by atoms with Gasteiger partial charge in [-0.05, 0) is 42.4 Å². The van der Waals surface area contributed by atoms with Gasteiger partial charge in [-0.1, -0.05) is 18.2 Å². The molecule has 0 spiro atoms. The molecule has 1 aliphatic rings. The van der Waals surface area contributed by atoms with E-state index in [-0.39, 0.29) is 25.3 Å².